The van der Waals surface area contributed by atoms with Gasteiger partial charge in [-0.15, -0.1) is 10.2 Å². The largest absolute Gasteiger partial charge is 0.448 e. The van der Waals surface area contributed by atoms with Crippen molar-refractivity contribution in [2.45, 2.75) is 64.3 Å². The van der Waals surface area contributed by atoms with Gasteiger partial charge in [0, 0.05) is 41.3 Å². The second-order valence-corrected chi connectivity index (χ2v) is 9.63. The van der Waals surface area contributed by atoms with Crippen molar-refractivity contribution >= 4 is 23.1 Å². The Morgan fingerprint density at radius 1 is 0.912 bits per heavy atom. The van der Waals surface area contributed by atoms with E-state index in [-0.39, 0.29) is 6.23 Å². The highest BCUT2D eigenvalue weighted by Gasteiger charge is 2.26. The number of fused-ring (bicyclic) bond motifs is 3. The summed E-state index contributed by atoms with van der Waals surface area (Å²) in [6, 6.07) is 16.8. The number of unbranched alkanes of at least 4 members (excludes halogenated alkanes) is 2. The van der Waals surface area contributed by atoms with Crippen molar-refractivity contribution < 1.29 is 4.74 Å². The van der Waals surface area contributed by atoms with Crippen molar-refractivity contribution in [3.63, 3.8) is 0 Å². The maximum Gasteiger partial charge on any atom is 0.247 e. The minimum absolute atomic E-state index is 0.364. The van der Waals surface area contributed by atoms with Gasteiger partial charge in [-0.3, -0.25) is 0 Å². The molecule has 1 aliphatic rings. The number of rotatable bonds is 11. The summed E-state index contributed by atoms with van der Waals surface area (Å²) in [5, 5.41) is 13.1. The van der Waals surface area contributed by atoms with Crippen LogP contribution in [0.2, 0.25) is 0 Å². The van der Waals surface area contributed by atoms with Crippen molar-refractivity contribution in [1.29, 1.82) is 0 Å². The monoisotopic (exact) mass is 477 g/mol. The van der Waals surface area contributed by atoms with Crippen LogP contribution in [0.3, 0.4) is 0 Å². The average molecular weight is 478 g/mol. The molecular weight excluding hydrogens is 442 g/mol. The third-order valence-electron chi connectivity index (χ3n) is 5.86. The lowest BCUT2D eigenvalue weighted by molar-refractivity contribution is 0.225. The van der Waals surface area contributed by atoms with Crippen LogP contribution in [-0.2, 0) is 0 Å². The molecule has 180 valence electrons. The number of nitrogens with zero attached hydrogens (tertiary/aromatic N) is 4. The summed E-state index contributed by atoms with van der Waals surface area (Å²) in [5.41, 5.74) is 4.90. The van der Waals surface area contributed by atoms with E-state index < -0.39 is 0 Å². The van der Waals surface area contributed by atoms with Gasteiger partial charge in [0.1, 0.15) is 0 Å². The Labute approximate surface area is 207 Å². The standard InChI is InChI=1S/C27H35N5OS/c1-4-7-10-19-34-27-29-26-24(30-31-27)22-11-8-9-12-23(22)28-25(33-26)20-13-15-21(16-14-20)32(17-5-2)18-6-3/h8-9,11-16,25,28H,4-7,10,17-19H2,1-3H3/t25-/m0/s1. The van der Waals surface area contributed by atoms with Crippen LogP contribution in [0.4, 0.5) is 11.4 Å². The number of ether oxygens (including phenoxy) is 1. The van der Waals surface area contributed by atoms with Crippen LogP contribution in [0, 0.1) is 0 Å². The van der Waals surface area contributed by atoms with E-state index in [2.05, 4.69) is 71.5 Å². The first-order valence-electron chi connectivity index (χ1n) is 12.5. The molecule has 34 heavy (non-hydrogen) atoms. The Hall–Kier alpha value is -2.80. The van der Waals surface area contributed by atoms with Crippen molar-refractivity contribution in [1.82, 2.24) is 15.2 Å². The zero-order valence-electron chi connectivity index (χ0n) is 20.5. The fourth-order valence-corrected chi connectivity index (χ4v) is 4.92. The first-order chi connectivity index (χ1) is 16.7. The fraction of sp³-hybridized carbons (Fsp3) is 0.444. The summed E-state index contributed by atoms with van der Waals surface area (Å²) in [5.74, 6) is 1.51. The molecule has 0 unspecified atom stereocenters. The average Bonchev–Trinajstić information content (AvgIpc) is 3.03. The lowest BCUT2D eigenvalue weighted by atomic mass is 10.1. The van der Waals surface area contributed by atoms with Crippen LogP contribution in [0.15, 0.2) is 53.7 Å². The summed E-state index contributed by atoms with van der Waals surface area (Å²) in [7, 11) is 0. The molecule has 0 saturated carbocycles. The summed E-state index contributed by atoms with van der Waals surface area (Å²) in [6.45, 7) is 8.78. The van der Waals surface area contributed by atoms with E-state index in [9.17, 15) is 0 Å². The number of thioether (sulfide) groups is 1. The first kappa shape index (κ1) is 24.3. The summed E-state index contributed by atoms with van der Waals surface area (Å²) in [6.07, 6.45) is 5.46. The summed E-state index contributed by atoms with van der Waals surface area (Å²) < 4.78 is 6.44. The molecule has 6 nitrogen and oxygen atoms in total. The zero-order valence-corrected chi connectivity index (χ0v) is 21.3. The van der Waals surface area contributed by atoms with Crippen LogP contribution in [-0.4, -0.2) is 34.0 Å². The van der Waals surface area contributed by atoms with Gasteiger partial charge in [-0.05, 0) is 37.5 Å². The zero-order chi connectivity index (χ0) is 23.8. The molecule has 0 radical (unpaired) electrons. The number of hydrogen-bond acceptors (Lipinski definition) is 7. The van der Waals surface area contributed by atoms with E-state index in [1.54, 1.807) is 11.8 Å². The molecule has 1 N–H and O–H groups in total. The van der Waals surface area contributed by atoms with Gasteiger partial charge in [0.25, 0.3) is 0 Å². The molecular formula is C27H35N5OS. The molecule has 3 aromatic rings. The Morgan fingerprint density at radius 3 is 2.41 bits per heavy atom. The molecule has 0 bridgehead atoms. The van der Waals surface area contributed by atoms with Gasteiger partial charge in [0.15, 0.2) is 11.9 Å². The molecule has 0 saturated heterocycles. The van der Waals surface area contributed by atoms with Gasteiger partial charge < -0.3 is 15.0 Å². The summed E-state index contributed by atoms with van der Waals surface area (Å²) in [4.78, 5) is 7.20. The molecule has 7 heteroatoms. The smallest absolute Gasteiger partial charge is 0.247 e. The van der Waals surface area contributed by atoms with Crippen LogP contribution in [0.1, 0.15) is 64.7 Å². The second-order valence-electron chi connectivity index (χ2n) is 8.57. The third kappa shape index (κ3) is 5.81. The molecule has 0 aliphatic carbocycles. The molecule has 0 amide bonds. The van der Waals surface area contributed by atoms with Gasteiger partial charge in [-0.25, -0.2) is 0 Å². The van der Waals surface area contributed by atoms with E-state index in [1.165, 1.54) is 18.5 Å². The molecule has 2 heterocycles. The molecule has 0 spiro atoms. The van der Waals surface area contributed by atoms with E-state index in [4.69, 9.17) is 9.72 Å². The number of para-hydroxylation sites is 1. The third-order valence-corrected chi connectivity index (χ3v) is 6.78. The predicted octanol–water partition coefficient (Wildman–Crippen LogP) is 6.95. The predicted molar refractivity (Wildman–Crippen MR) is 142 cm³/mol. The van der Waals surface area contributed by atoms with Crippen LogP contribution >= 0.6 is 11.8 Å². The minimum atomic E-state index is -0.364. The maximum atomic E-state index is 6.44. The lowest BCUT2D eigenvalue weighted by Gasteiger charge is -2.25. The Morgan fingerprint density at radius 2 is 1.68 bits per heavy atom. The highest BCUT2D eigenvalue weighted by atomic mass is 32.2. The number of anilines is 2. The van der Waals surface area contributed by atoms with Crippen LogP contribution in [0.25, 0.3) is 11.3 Å². The van der Waals surface area contributed by atoms with Gasteiger partial charge in [0.2, 0.25) is 11.0 Å². The van der Waals surface area contributed by atoms with Crippen molar-refractivity contribution in [3.8, 4) is 17.1 Å². The lowest BCUT2D eigenvalue weighted by Crippen LogP contribution is -2.25. The maximum absolute atomic E-state index is 6.44. The van der Waals surface area contributed by atoms with Gasteiger partial charge in [-0.2, -0.15) is 4.98 Å². The molecule has 0 fully saturated rings. The minimum Gasteiger partial charge on any atom is -0.448 e. The Balaban J connectivity index is 1.61. The molecule has 4 rings (SSSR count). The highest BCUT2D eigenvalue weighted by molar-refractivity contribution is 7.99. The summed E-state index contributed by atoms with van der Waals surface area (Å²) >= 11 is 1.64. The second kappa shape index (κ2) is 12.1. The number of benzene rings is 2. The van der Waals surface area contributed by atoms with Gasteiger partial charge in [-0.1, -0.05) is 75.7 Å². The van der Waals surface area contributed by atoms with E-state index in [0.29, 0.717) is 16.7 Å². The van der Waals surface area contributed by atoms with Crippen molar-refractivity contribution in [2.24, 2.45) is 0 Å². The van der Waals surface area contributed by atoms with E-state index in [0.717, 1.165) is 54.9 Å². The first-order valence-corrected chi connectivity index (χ1v) is 13.5. The van der Waals surface area contributed by atoms with Crippen LogP contribution in [0.5, 0.6) is 5.88 Å². The number of nitrogens with one attached hydrogen (secondary N) is 1. The quantitative estimate of drug-likeness (QED) is 0.237. The Bertz CT molecular complexity index is 1050. The molecule has 2 aromatic carbocycles. The van der Waals surface area contributed by atoms with Crippen molar-refractivity contribution in [3.05, 3.63) is 54.1 Å². The number of hydrogen-bond donors (Lipinski definition) is 1. The van der Waals surface area contributed by atoms with Crippen molar-refractivity contribution in [2.75, 3.05) is 29.1 Å². The SMILES string of the molecule is CCCCCSc1nnc2c(n1)O[C@@H](c1ccc(N(CCC)CCC)cc1)Nc1ccccc1-2. The Kier molecular flexibility index (Phi) is 8.63. The topological polar surface area (TPSA) is 63.2 Å². The van der Waals surface area contributed by atoms with Gasteiger partial charge >= 0.3 is 0 Å². The van der Waals surface area contributed by atoms with Gasteiger partial charge in [0.05, 0.1) is 0 Å². The van der Waals surface area contributed by atoms with E-state index in [1.807, 2.05) is 18.2 Å². The fourth-order valence-electron chi connectivity index (χ4n) is 4.14. The highest BCUT2D eigenvalue weighted by Crippen LogP contribution is 2.39. The van der Waals surface area contributed by atoms with Crippen LogP contribution < -0.4 is 15.0 Å². The molecule has 1 aromatic heterocycles. The number of aromatic nitrogens is 3. The van der Waals surface area contributed by atoms with E-state index >= 15 is 0 Å². The molecule has 1 atom stereocenters. The normalized spacial score (nSPS) is 14.4. The molecule has 1 aliphatic heterocycles.